The second kappa shape index (κ2) is 8.96. The quantitative estimate of drug-likeness (QED) is 0.730. The summed E-state index contributed by atoms with van der Waals surface area (Å²) in [5, 5.41) is 5.72. The highest BCUT2D eigenvalue weighted by molar-refractivity contribution is 7.13. The van der Waals surface area contributed by atoms with Gasteiger partial charge in [-0.1, -0.05) is 0 Å². The molecule has 144 valence electrons. The van der Waals surface area contributed by atoms with E-state index in [1.54, 1.807) is 11.3 Å². The molecule has 2 aromatic rings. The fourth-order valence-corrected chi connectivity index (χ4v) is 3.81. The Morgan fingerprint density at radius 3 is 2.85 bits per heavy atom. The fraction of sp³-hybridized carbons (Fsp3) is 0.421. The molecule has 0 unspecified atom stereocenters. The zero-order chi connectivity index (χ0) is 19.2. The van der Waals surface area contributed by atoms with E-state index in [0.717, 1.165) is 22.0 Å². The van der Waals surface area contributed by atoms with Crippen LogP contribution >= 0.6 is 11.3 Å². The monoisotopic (exact) mass is 389 g/mol. The lowest BCUT2D eigenvalue weighted by Crippen LogP contribution is -2.55. The minimum Gasteiger partial charge on any atom is -0.494 e. The first kappa shape index (κ1) is 19.3. The highest BCUT2D eigenvalue weighted by Crippen LogP contribution is 2.27. The van der Waals surface area contributed by atoms with Crippen LogP contribution in [-0.2, 0) is 20.9 Å². The number of aromatic nitrogens is 1. The zero-order valence-electron chi connectivity index (χ0n) is 15.4. The average Bonchev–Trinajstić information content (AvgIpc) is 3.14. The van der Waals surface area contributed by atoms with E-state index >= 15 is 0 Å². The molecule has 0 aliphatic carbocycles. The SMILES string of the molecule is CCOc1ccc(-c2nc(CN3CCNC(=O)[C@@H]3CC(=O)OC)cs2)cc1. The van der Waals surface area contributed by atoms with Crippen LogP contribution in [0.2, 0.25) is 0 Å². The molecule has 1 fully saturated rings. The minimum atomic E-state index is -0.526. The van der Waals surface area contributed by atoms with Crippen LogP contribution in [0.3, 0.4) is 0 Å². The number of carbonyl (C=O) groups is 2. The molecular weight excluding hydrogens is 366 g/mol. The number of methoxy groups -OCH3 is 1. The molecule has 7 nitrogen and oxygen atoms in total. The third-order valence-electron chi connectivity index (χ3n) is 4.36. The van der Waals surface area contributed by atoms with Gasteiger partial charge in [0.2, 0.25) is 5.91 Å². The number of nitrogens with one attached hydrogen (secondary N) is 1. The van der Waals surface area contributed by atoms with Crippen molar-refractivity contribution in [3.8, 4) is 16.3 Å². The van der Waals surface area contributed by atoms with E-state index in [4.69, 9.17) is 14.5 Å². The number of piperazine rings is 1. The second-order valence-corrected chi connectivity index (χ2v) is 7.02. The molecule has 0 bridgehead atoms. The van der Waals surface area contributed by atoms with Crippen LogP contribution in [0.4, 0.5) is 0 Å². The molecule has 1 aromatic heterocycles. The average molecular weight is 389 g/mol. The van der Waals surface area contributed by atoms with E-state index in [1.165, 1.54) is 7.11 Å². The molecular formula is C19H23N3O4S. The maximum Gasteiger partial charge on any atom is 0.307 e. The van der Waals surface area contributed by atoms with Crippen molar-refractivity contribution in [1.29, 1.82) is 0 Å². The third-order valence-corrected chi connectivity index (χ3v) is 5.30. The number of carbonyl (C=O) groups excluding carboxylic acids is 2. The van der Waals surface area contributed by atoms with Gasteiger partial charge in [-0.3, -0.25) is 14.5 Å². The Morgan fingerprint density at radius 2 is 2.15 bits per heavy atom. The van der Waals surface area contributed by atoms with Crippen molar-refractivity contribution in [3.05, 3.63) is 35.3 Å². The molecule has 2 heterocycles. The summed E-state index contributed by atoms with van der Waals surface area (Å²) >= 11 is 1.56. The number of amides is 1. The first-order valence-electron chi connectivity index (χ1n) is 8.87. The van der Waals surface area contributed by atoms with Crippen molar-refractivity contribution in [2.45, 2.75) is 25.9 Å². The number of thiazole rings is 1. The summed E-state index contributed by atoms with van der Waals surface area (Å²) in [4.78, 5) is 30.5. The number of nitrogens with zero attached hydrogens (tertiary/aromatic N) is 2. The van der Waals surface area contributed by atoms with Gasteiger partial charge in [0.05, 0.1) is 25.8 Å². The summed E-state index contributed by atoms with van der Waals surface area (Å²) in [6, 6.07) is 7.31. The predicted molar refractivity (Wildman–Crippen MR) is 103 cm³/mol. The lowest BCUT2D eigenvalue weighted by Gasteiger charge is -2.33. The molecule has 1 aromatic carbocycles. The van der Waals surface area contributed by atoms with Gasteiger partial charge in [-0.2, -0.15) is 0 Å². The second-order valence-electron chi connectivity index (χ2n) is 6.16. The molecule has 0 saturated carbocycles. The minimum absolute atomic E-state index is 0.0399. The van der Waals surface area contributed by atoms with Crippen LogP contribution in [0.5, 0.6) is 5.75 Å². The molecule has 8 heteroatoms. The van der Waals surface area contributed by atoms with Crippen molar-refractivity contribution < 1.29 is 19.1 Å². The molecule has 0 radical (unpaired) electrons. The van der Waals surface area contributed by atoms with Crippen LogP contribution in [0.15, 0.2) is 29.6 Å². The Labute approximate surface area is 162 Å². The van der Waals surface area contributed by atoms with Gasteiger partial charge in [0.25, 0.3) is 0 Å². The molecule has 1 aliphatic rings. The van der Waals surface area contributed by atoms with Crippen molar-refractivity contribution in [1.82, 2.24) is 15.2 Å². The summed E-state index contributed by atoms with van der Waals surface area (Å²) < 4.78 is 10.2. The lowest BCUT2D eigenvalue weighted by molar-refractivity contribution is -0.146. The van der Waals surface area contributed by atoms with Gasteiger partial charge in [0.1, 0.15) is 16.8 Å². The third kappa shape index (κ3) is 4.84. The highest BCUT2D eigenvalue weighted by atomic mass is 32.1. The van der Waals surface area contributed by atoms with Gasteiger partial charge in [0, 0.05) is 30.6 Å². The van der Waals surface area contributed by atoms with Crippen molar-refractivity contribution in [2.75, 3.05) is 26.8 Å². The Balaban J connectivity index is 1.70. The molecule has 3 rings (SSSR count). The smallest absolute Gasteiger partial charge is 0.307 e. The van der Waals surface area contributed by atoms with Gasteiger partial charge in [-0.05, 0) is 31.2 Å². The van der Waals surface area contributed by atoms with Crippen molar-refractivity contribution in [3.63, 3.8) is 0 Å². The summed E-state index contributed by atoms with van der Waals surface area (Å²) in [7, 11) is 1.33. The predicted octanol–water partition coefficient (Wildman–Crippen LogP) is 2.07. The van der Waals surface area contributed by atoms with Gasteiger partial charge in [-0.15, -0.1) is 11.3 Å². The highest BCUT2D eigenvalue weighted by Gasteiger charge is 2.32. The largest absolute Gasteiger partial charge is 0.494 e. The number of benzene rings is 1. The van der Waals surface area contributed by atoms with Gasteiger partial charge in [-0.25, -0.2) is 4.98 Å². The Hall–Kier alpha value is -2.45. The zero-order valence-corrected chi connectivity index (χ0v) is 16.3. The summed E-state index contributed by atoms with van der Waals surface area (Å²) in [6.45, 7) is 4.34. The van der Waals surface area contributed by atoms with Crippen LogP contribution in [0, 0.1) is 0 Å². The van der Waals surface area contributed by atoms with E-state index in [-0.39, 0.29) is 12.3 Å². The number of esters is 1. The Morgan fingerprint density at radius 1 is 1.37 bits per heavy atom. The standard InChI is InChI=1S/C19H23N3O4S/c1-3-26-15-6-4-13(5-7-15)19-21-14(12-27-19)11-22-9-8-20-18(24)16(22)10-17(23)25-2/h4-7,12,16H,3,8-11H2,1-2H3,(H,20,24)/t16-/m0/s1. The maximum atomic E-state index is 12.2. The number of hydrogen-bond acceptors (Lipinski definition) is 7. The molecule has 1 aliphatic heterocycles. The number of ether oxygens (including phenoxy) is 2. The van der Waals surface area contributed by atoms with E-state index in [9.17, 15) is 9.59 Å². The van der Waals surface area contributed by atoms with Crippen LogP contribution in [0.1, 0.15) is 19.0 Å². The van der Waals surface area contributed by atoms with Gasteiger partial charge >= 0.3 is 5.97 Å². The van der Waals surface area contributed by atoms with E-state index < -0.39 is 12.0 Å². The summed E-state index contributed by atoms with van der Waals surface area (Å²) in [6.07, 6.45) is 0.0399. The normalized spacial score (nSPS) is 17.4. The number of hydrogen-bond donors (Lipinski definition) is 1. The van der Waals surface area contributed by atoms with Crippen LogP contribution in [-0.4, -0.2) is 54.6 Å². The summed E-state index contributed by atoms with van der Waals surface area (Å²) in [5.41, 5.74) is 1.91. The molecule has 1 saturated heterocycles. The van der Waals surface area contributed by atoms with Crippen LogP contribution < -0.4 is 10.1 Å². The van der Waals surface area contributed by atoms with Crippen molar-refractivity contribution >= 4 is 23.2 Å². The molecule has 1 atom stereocenters. The first-order valence-corrected chi connectivity index (χ1v) is 9.75. The van der Waals surface area contributed by atoms with Crippen LogP contribution in [0.25, 0.3) is 10.6 Å². The molecule has 0 spiro atoms. The fourth-order valence-electron chi connectivity index (χ4n) is 3.00. The topological polar surface area (TPSA) is 80.8 Å². The molecule has 1 N–H and O–H groups in total. The van der Waals surface area contributed by atoms with E-state index in [1.807, 2.05) is 41.5 Å². The Bertz CT molecular complexity index is 791. The maximum absolute atomic E-state index is 12.2. The first-order chi connectivity index (χ1) is 13.1. The van der Waals surface area contributed by atoms with E-state index in [0.29, 0.717) is 26.2 Å². The summed E-state index contributed by atoms with van der Waals surface area (Å²) in [5.74, 6) is 0.298. The Kier molecular flexibility index (Phi) is 6.41. The number of rotatable bonds is 7. The van der Waals surface area contributed by atoms with E-state index in [2.05, 4.69) is 5.32 Å². The van der Waals surface area contributed by atoms with Gasteiger partial charge in [0.15, 0.2) is 0 Å². The lowest BCUT2D eigenvalue weighted by atomic mass is 10.1. The molecule has 1 amide bonds. The molecule has 27 heavy (non-hydrogen) atoms. The van der Waals surface area contributed by atoms with Crippen molar-refractivity contribution in [2.24, 2.45) is 0 Å². The van der Waals surface area contributed by atoms with Gasteiger partial charge < -0.3 is 14.8 Å².